The van der Waals surface area contributed by atoms with Crippen molar-refractivity contribution in [2.24, 2.45) is 5.73 Å². The minimum absolute atomic E-state index is 0.228. The summed E-state index contributed by atoms with van der Waals surface area (Å²) in [6, 6.07) is 5.28. The summed E-state index contributed by atoms with van der Waals surface area (Å²) in [5.74, 6) is 0. The Balaban J connectivity index is 2.22. The molecular formula is C12H16N2O2S3. The van der Waals surface area contributed by atoms with Gasteiger partial charge < -0.3 is 5.73 Å². The zero-order chi connectivity index (χ0) is 14.0. The lowest BCUT2D eigenvalue weighted by atomic mass is 10.3. The first kappa shape index (κ1) is 14.7. The standard InChI is InChI=1S/C12H16N2O2S3/c1-8-6-12(18-11(8)7-13)19(15,16)14-9(2)10-4-3-5-17-10/h3-6,9,14H,7,13H2,1-2H3. The normalized spacial score (nSPS) is 13.6. The number of sulfonamides is 1. The van der Waals surface area contributed by atoms with Crippen molar-refractivity contribution in [3.63, 3.8) is 0 Å². The quantitative estimate of drug-likeness (QED) is 0.890. The van der Waals surface area contributed by atoms with Crippen molar-refractivity contribution in [1.82, 2.24) is 4.72 Å². The Morgan fingerprint density at radius 2 is 2.21 bits per heavy atom. The van der Waals surface area contributed by atoms with Crippen LogP contribution in [0.1, 0.15) is 28.3 Å². The fourth-order valence-electron chi connectivity index (χ4n) is 1.71. The molecule has 0 fully saturated rings. The van der Waals surface area contributed by atoms with Crippen LogP contribution in [0.15, 0.2) is 27.8 Å². The Hall–Kier alpha value is -0.730. The molecule has 104 valence electrons. The second-order valence-electron chi connectivity index (χ2n) is 4.23. The minimum Gasteiger partial charge on any atom is -0.326 e. The Labute approximate surface area is 121 Å². The van der Waals surface area contributed by atoms with Crippen LogP contribution >= 0.6 is 22.7 Å². The summed E-state index contributed by atoms with van der Waals surface area (Å²) in [7, 11) is -3.48. The molecule has 0 bridgehead atoms. The first-order valence-electron chi connectivity index (χ1n) is 5.79. The smallest absolute Gasteiger partial charge is 0.250 e. The number of hydrogen-bond acceptors (Lipinski definition) is 5. The Bertz CT molecular complexity index is 645. The third kappa shape index (κ3) is 3.24. The zero-order valence-electron chi connectivity index (χ0n) is 10.7. The van der Waals surface area contributed by atoms with Crippen LogP contribution in [0.2, 0.25) is 0 Å². The molecule has 0 amide bonds. The van der Waals surface area contributed by atoms with Crippen LogP contribution < -0.4 is 10.5 Å². The van der Waals surface area contributed by atoms with Gasteiger partial charge in [0.05, 0.1) is 6.04 Å². The fourth-order valence-corrected chi connectivity index (χ4v) is 5.23. The van der Waals surface area contributed by atoms with Crippen LogP contribution in [-0.2, 0) is 16.6 Å². The van der Waals surface area contributed by atoms with Crippen molar-refractivity contribution in [3.05, 3.63) is 38.9 Å². The molecule has 1 atom stereocenters. The van der Waals surface area contributed by atoms with Gasteiger partial charge in [-0.1, -0.05) is 6.07 Å². The highest BCUT2D eigenvalue weighted by atomic mass is 32.2. The maximum absolute atomic E-state index is 12.3. The van der Waals surface area contributed by atoms with Gasteiger partial charge in [0.2, 0.25) is 0 Å². The third-order valence-corrected chi connectivity index (χ3v) is 7.08. The Kier molecular flexibility index (Phi) is 4.42. The molecule has 2 aromatic rings. The molecule has 0 aliphatic heterocycles. The van der Waals surface area contributed by atoms with Crippen LogP contribution in [0, 0.1) is 6.92 Å². The summed E-state index contributed by atoms with van der Waals surface area (Å²) in [4.78, 5) is 1.90. The van der Waals surface area contributed by atoms with Crippen LogP contribution in [0.5, 0.6) is 0 Å². The molecule has 0 aromatic carbocycles. The van der Waals surface area contributed by atoms with E-state index in [2.05, 4.69) is 4.72 Å². The Morgan fingerprint density at radius 3 is 2.74 bits per heavy atom. The van der Waals surface area contributed by atoms with Crippen molar-refractivity contribution in [2.75, 3.05) is 0 Å². The molecule has 0 radical (unpaired) electrons. The van der Waals surface area contributed by atoms with Gasteiger partial charge in [-0.25, -0.2) is 13.1 Å². The topological polar surface area (TPSA) is 72.2 Å². The lowest BCUT2D eigenvalue weighted by Crippen LogP contribution is -2.25. The van der Waals surface area contributed by atoms with Gasteiger partial charge >= 0.3 is 0 Å². The van der Waals surface area contributed by atoms with Crippen molar-refractivity contribution < 1.29 is 8.42 Å². The number of aryl methyl sites for hydroxylation is 1. The third-order valence-electron chi connectivity index (χ3n) is 2.75. The largest absolute Gasteiger partial charge is 0.326 e. The molecule has 0 saturated heterocycles. The molecule has 1 unspecified atom stereocenters. The summed E-state index contributed by atoms with van der Waals surface area (Å²) in [6.45, 7) is 4.08. The van der Waals surface area contributed by atoms with E-state index in [9.17, 15) is 8.42 Å². The van der Waals surface area contributed by atoms with E-state index < -0.39 is 10.0 Å². The van der Waals surface area contributed by atoms with Crippen molar-refractivity contribution in [3.8, 4) is 0 Å². The lowest BCUT2D eigenvalue weighted by molar-refractivity contribution is 0.570. The first-order chi connectivity index (χ1) is 8.94. The van der Waals surface area contributed by atoms with Gasteiger partial charge in [-0.05, 0) is 36.9 Å². The van der Waals surface area contributed by atoms with Crippen LogP contribution in [0.4, 0.5) is 0 Å². The summed E-state index contributed by atoms with van der Waals surface area (Å²) in [5, 5.41) is 1.93. The van der Waals surface area contributed by atoms with E-state index in [4.69, 9.17) is 5.73 Å². The minimum atomic E-state index is -3.48. The van der Waals surface area contributed by atoms with Gasteiger partial charge in [-0.15, -0.1) is 22.7 Å². The van der Waals surface area contributed by atoms with E-state index in [1.807, 2.05) is 31.4 Å². The summed E-state index contributed by atoms with van der Waals surface area (Å²) >= 11 is 2.77. The van der Waals surface area contributed by atoms with E-state index in [1.54, 1.807) is 6.07 Å². The molecule has 7 heteroatoms. The summed E-state index contributed by atoms with van der Waals surface area (Å²) in [6.07, 6.45) is 0. The van der Waals surface area contributed by atoms with Crippen molar-refractivity contribution in [2.45, 2.75) is 30.6 Å². The van der Waals surface area contributed by atoms with E-state index in [1.165, 1.54) is 22.7 Å². The average molecular weight is 316 g/mol. The number of hydrogen-bond donors (Lipinski definition) is 2. The predicted octanol–water partition coefficient (Wildman–Crippen LogP) is 2.62. The maximum atomic E-state index is 12.3. The van der Waals surface area contributed by atoms with E-state index in [0.29, 0.717) is 10.8 Å². The molecule has 2 rings (SSSR count). The van der Waals surface area contributed by atoms with E-state index in [-0.39, 0.29) is 6.04 Å². The molecular weight excluding hydrogens is 300 g/mol. The highest BCUT2D eigenvalue weighted by molar-refractivity contribution is 7.91. The van der Waals surface area contributed by atoms with E-state index >= 15 is 0 Å². The maximum Gasteiger partial charge on any atom is 0.250 e. The zero-order valence-corrected chi connectivity index (χ0v) is 13.2. The monoisotopic (exact) mass is 316 g/mol. The highest BCUT2D eigenvalue weighted by Gasteiger charge is 2.21. The molecule has 19 heavy (non-hydrogen) atoms. The van der Waals surface area contributed by atoms with Crippen molar-refractivity contribution in [1.29, 1.82) is 0 Å². The number of rotatable bonds is 5. The highest BCUT2D eigenvalue weighted by Crippen LogP contribution is 2.27. The fraction of sp³-hybridized carbons (Fsp3) is 0.333. The summed E-state index contributed by atoms with van der Waals surface area (Å²) < 4.78 is 27.6. The summed E-state index contributed by atoms with van der Waals surface area (Å²) in [5.41, 5.74) is 6.51. The van der Waals surface area contributed by atoms with Gasteiger partial charge in [0, 0.05) is 16.3 Å². The second-order valence-corrected chi connectivity index (χ2v) is 8.29. The van der Waals surface area contributed by atoms with Crippen LogP contribution in [-0.4, -0.2) is 8.42 Å². The Morgan fingerprint density at radius 1 is 1.47 bits per heavy atom. The number of nitrogens with one attached hydrogen (secondary N) is 1. The van der Waals surface area contributed by atoms with Crippen LogP contribution in [0.25, 0.3) is 0 Å². The predicted molar refractivity (Wildman–Crippen MR) is 80.0 cm³/mol. The first-order valence-corrected chi connectivity index (χ1v) is 8.97. The molecule has 2 aromatic heterocycles. The van der Waals surface area contributed by atoms with Gasteiger partial charge in [0.15, 0.2) is 0 Å². The van der Waals surface area contributed by atoms with Gasteiger partial charge in [0.25, 0.3) is 10.0 Å². The van der Waals surface area contributed by atoms with Gasteiger partial charge in [-0.2, -0.15) is 0 Å². The molecule has 0 aliphatic carbocycles. The SMILES string of the molecule is Cc1cc(S(=O)(=O)NC(C)c2cccs2)sc1CN. The number of nitrogens with two attached hydrogens (primary N) is 1. The van der Waals surface area contributed by atoms with Crippen molar-refractivity contribution >= 4 is 32.7 Å². The molecule has 3 N–H and O–H groups in total. The molecule has 2 heterocycles. The average Bonchev–Trinajstić information content (AvgIpc) is 2.96. The molecule has 0 saturated carbocycles. The van der Waals surface area contributed by atoms with Gasteiger partial charge in [-0.3, -0.25) is 0 Å². The van der Waals surface area contributed by atoms with E-state index in [0.717, 1.165) is 15.3 Å². The molecule has 4 nitrogen and oxygen atoms in total. The second kappa shape index (κ2) is 5.72. The molecule has 0 aliphatic rings. The lowest BCUT2D eigenvalue weighted by Gasteiger charge is -2.11. The van der Waals surface area contributed by atoms with Crippen LogP contribution in [0.3, 0.4) is 0 Å². The number of thiophene rings is 2. The molecule has 0 spiro atoms. The van der Waals surface area contributed by atoms with Gasteiger partial charge in [0.1, 0.15) is 4.21 Å².